The molecule has 0 radical (unpaired) electrons. The second kappa shape index (κ2) is 5.33. The summed E-state index contributed by atoms with van der Waals surface area (Å²) >= 11 is 5.78. The molecular weight excluding hydrogens is 408 g/mol. The first-order valence-corrected chi connectivity index (χ1v) is 13.4. The van der Waals surface area contributed by atoms with Crippen LogP contribution in [0.15, 0.2) is 0 Å². The summed E-state index contributed by atoms with van der Waals surface area (Å²) < 4.78 is 12.7. The fourth-order valence-electron chi connectivity index (χ4n) is 12.3. The summed E-state index contributed by atoms with van der Waals surface area (Å²) in [5, 5.41) is 7.53. The van der Waals surface area contributed by atoms with Gasteiger partial charge in [0.15, 0.2) is 10.9 Å². The first kappa shape index (κ1) is 17.7. The molecular formula is C25H32N2O3S. The zero-order valence-electron chi connectivity index (χ0n) is 17.9. The maximum absolute atomic E-state index is 13.5. The van der Waals surface area contributed by atoms with Gasteiger partial charge in [-0.15, -0.1) is 0 Å². The van der Waals surface area contributed by atoms with Crippen molar-refractivity contribution in [3.05, 3.63) is 0 Å². The molecule has 0 aromatic rings. The number of carbonyl (C=O) groups excluding carboxylic acids is 1. The van der Waals surface area contributed by atoms with Crippen LogP contribution in [0.3, 0.4) is 0 Å². The number of ether oxygens (including phenoxy) is 2. The molecule has 10 fully saturated rings. The molecule has 1 amide bonds. The molecule has 31 heavy (non-hydrogen) atoms. The Morgan fingerprint density at radius 3 is 2.16 bits per heavy atom. The molecule has 9 atom stereocenters. The predicted molar refractivity (Wildman–Crippen MR) is 115 cm³/mol. The van der Waals surface area contributed by atoms with Crippen LogP contribution in [-0.4, -0.2) is 36.1 Å². The minimum absolute atomic E-state index is 0.132. The second-order valence-corrected chi connectivity index (χ2v) is 13.4. The first-order valence-electron chi connectivity index (χ1n) is 13.0. The molecule has 10 rings (SSSR count). The molecule has 0 aromatic carbocycles. The fourth-order valence-corrected chi connectivity index (χ4v) is 12.5. The van der Waals surface area contributed by atoms with Crippen molar-refractivity contribution in [1.29, 1.82) is 0 Å². The van der Waals surface area contributed by atoms with E-state index in [1.165, 1.54) is 25.7 Å². The van der Waals surface area contributed by atoms with Crippen LogP contribution in [0.5, 0.6) is 0 Å². The van der Waals surface area contributed by atoms with E-state index >= 15 is 0 Å². The molecule has 0 aromatic heterocycles. The van der Waals surface area contributed by atoms with Gasteiger partial charge < -0.3 is 20.1 Å². The summed E-state index contributed by atoms with van der Waals surface area (Å²) in [6.07, 6.45) is 8.74. The Labute approximate surface area is 188 Å². The van der Waals surface area contributed by atoms with Crippen molar-refractivity contribution in [3.63, 3.8) is 0 Å². The van der Waals surface area contributed by atoms with Gasteiger partial charge in [-0.1, -0.05) is 0 Å². The smallest absolute Gasteiger partial charge is 0.232 e. The Morgan fingerprint density at radius 1 is 0.806 bits per heavy atom. The Bertz CT molecular complexity index is 879. The first-order chi connectivity index (χ1) is 15.1. The third-order valence-electron chi connectivity index (χ3n) is 12.2. The second-order valence-electron chi connectivity index (χ2n) is 13.0. The molecule has 9 aliphatic carbocycles. The average Bonchev–Trinajstić information content (AvgIpc) is 3.39. The minimum Gasteiger partial charge on any atom is -0.359 e. The highest BCUT2D eigenvalue weighted by atomic mass is 32.1. The van der Waals surface area contributed by atoms with E-state index in [-0.39, 0.29) is 17.1 Å². The number of amides is 1. The van der Waals surface area contributed by atoms with Crippen molar-refractivity contribution in [1.82, 2.24) is 10.6 Å². The molecule has 1 saturated heterocycles. The number of nitrogens with one attached hydrogen (secondary N) is 2. The van der Waals surface area contributed by atoms with Crippen molar-refractivity contribution in [2.24, 2.45) is 70.5 Å². The lowest BCUT2D eigenvalue weighted by Gasteiger charge is -2.55. The molecule has 1 spiro atoms. The summed E-state index contributed by atoms with van der Waals surface area (Å²) in [6.45, 7) is 1.53. The molecule has 6 heteroatoms. The van der Waals surface area contributed by atoms with E-state index in [2.05, 4.69) is 10.6 Å². The van der Waals surface area contributed by atoms with Crippen LogP contribution in [0.25, 0.3) is 0 Å². The third-order valence-corrected chi connectivity index (χ3v) is 12.4. The number of rotatable bonds is 2. The highest BCUT2D eigenvalue weighted by Gasteiger charge is 2.89. The number of carbonyl (C=O) groups is 1. The highest BCUT2D eigenvalue weighted by molar-refractivity contribution is 7.80. The molecule has 10 aliphatic rings. The standard InChI is InChI=1S/C25H32N2O3S/c28-22(24-7-10-3-11(8-24)5-12(4-10)9-24)27-23(31)26-21-17-13-6-14-16-15(13)18(21)20(16)25(19(14)17)29-1-2-30-25/h10-21H,1-9H2,(H2,26,27,28,31). The molecule has 166 valence electrons. The monoisotopic (exact) mass is 440 g/mol. The van der Waals surface area contributed by atoms with Gasteiger partial charge in [-0.2, -0.15) is 0 Å². The van der Waals surface area contributed by atoms with Crippen LogP contribution < -0.4 is 10.6 Å². The zero-order chi connectivity index (χ0) is 20.3. The number of hydrogen-bond donors (Lipinski definition) is 2. The summed E-state index contributed by atoms with van der Waals surface area (Å²) in [5.41, 5.74) is -0.132. The van der Waals surface area contributed by atoms with Gasteiger partial charge in [-0.3, -0.25) is 4.79 Å². The van der Waals surface area contributed by atoms with Crippen LogP contribution >= 0.6 is 12.2 Å². The summed E-state index contributed by atoms with van der Waals surface area (Å²) in [6, 6.07) is 0.413. The highest BCUT2D eigenvalue weighted by Crippen LogP contribution is 2.86. The number of thiocarbonyl (C=S) groups is 1. The van der Waals surface area contributed by atoms with E-state index in [0.29, 0.717) is 34.8 Å². The number of fused-ring (bicyclic) bond motifs is 4. The van der Waals surface area contributed by atoms with Gasteiger partial charge in [0, 0.05) is 17.9 Å². The van der Waals surface area contributed by atoms with Crippen LogP contribution in [0.1, 0.15) is 44.9 Å². The van der Waals surface area contributed by atoms with E-state index in [0.717, 1.165) is 73.9 Å². The van der Waals surface area contributed by atoms with Crippen LogP contribution in [0, 0.1) is 70.5 Å². The van der Waals surface area contributed by atoms with Gasteiger partial charge in [0.05, 0.1) is 18.6 Å². The molecule has 6 bridgehead atoms. The van der Waals surface area contributed by atoms with Crippen molar-refractivity contribution < 1.29 is 14.3 Å². The lowest BCUT2D eigenvalue weighted by molar-refractivity contribution is -0.263. The third kappa shape index (κ3) is 1.82. The molecule has 5 nitrogen and oxygen atoms in total. The molecule has 1 aliphatic heterocycles. The van der Waals surface area contributed by atoms with Crippen molar-refractivity contribution in [2.75, 3.05) is 13.2 Å². The minimum atomic E-state index is -0.269. The largest absolute Gasteiger partial charge is 0.359 e. The molecule has 9 unspecified atom stereocenters. The van der Waals surface area contributed by atoms with E-state index in [1.54, 1.807) is 0 Å². The van der Waals surface area contributed by atoms with Crippen molar-refractivity contribution >= 4 is 23.2 Å². The summed E-state index contributed by atoms with van der Waals surface area (Å²) in [5.74, 6) is 7.94. The van der Waals surface area contributed by atoms with E-state index < -0.39 is 0 Å². The van der Waals surface area contributed by atoms with Crippen LogP contribution in [0.4, 0.5) is 0 Å². The maximum atomic E-state index is 13.5. The average molecular weight is 441 g/mol. The van der Waals surface area contributed by atoms with Gasteiger partial charge >= 0.3 is 0 Å². The van der Waals surface area contributed by atoms with E-state index in [1.807, 2.05) is 0 Å². The van der Waals surface area contributed by atoms with Gasteiger partial charge in [0.2, 0.25) is 5.91 Å². The van der Waals surface area contributed by atoms with E-state index in [4.69, 9.17) is 21.7 Å². The lowest BCUT2D eigenvalue weighted by Crippen LogP contribution is -2.64. The molecule has 1 heterocycles. The van der Waals surface area contributed by atoms with E-state index in [9.17, 15) is 4.79 Å². The molecule has 9 saturated carbocycles. The van der Waals surface area contributed by atoms with Crippen LogP contribution in [0.2, 0.25) is 0 Å². The SMILES string of the molecule is O=C(NC(=S)NC1C2C3CC4C5C3C1C5C1(OCCO1)C42)C12CC3CC(CC(C3)C1)C2. The Balaban J connectivity index is 0.954. The maximum Gasteiger partial charge on any atom is 0.232 e. The zero-order valence-corrected chi connectivity index (χ0v) is 18.7. The normalized spacial score (nSPS) is 61.4. The van der Waals surface area contributed by atoms with Gasteiger partial charge in [-0.25, -0.2) is 0 Å². The number of hydrogen-bond acceptors (Lipinski definition) is 4. The van der Waals surface area contributed by atoms with Gasteiger partial charge in [0.25, 0.3) is 0 Å². The topological polar surface area (TPSA) is 59.6 Å². The van der Waals surface area contributed by atoms with Gasteiger partial charge in [-0.05, 0) is 110 Å². The molecule has 2 N–H and O–H groups in total. The fraction of sp³-hybridized carbons (Fsp3) is 0.920. The predicted octanol–water partition coefficient (Wildman–Crippen LogP) is 2.69. The lowest BCUT2D eigenvalue weighted by atomic mass is 9.49. The van der Waals surface area contributed by atoms with Crippen molar-refractivity contribution in [2.45, 2.75) is 56.8 Å². The summed E-state index contributed by atoms with van der Waals surface area (Å²) in [7, 11) is 0. The quantitative estimate of drug-likeness (QED) is 0.647. The van der Waals surface area contributed by atoms with Gasteiger partial charge in [0.1, 0.15) is 0 Å². The summed E-state index contributed by atoms with van der Waals surface area (Å²) in [4.78, 5) is 13.5. The van der Waals surface area contributed by atoms with Crippen molar-refractivity contribution in [3.8, 4) is 0 Å². The Kier molecular flexibility index (Phi) is 3.05. The Morgan fingerprint density at radius 2 is 1.48 bits per heavy atom. The van der Waals surface area contributed by atoms with Crippen LogP contribution in [-0.2, 0) is 14.3 Å². The Hall–Kier alpha value is -0.720.